The van der Waals surface area contributed by atoms with Crippen LogP contribution in [0.15, 0.2) is 12.1 Å². The maximum Gasteiger partial charge on any atom is 0.335 e. The highest BCUT2D eigenvalue weighted by atomic mass is 19.1. The topological polar surface area (TPSA) is 77.8 Å². The van der Waals surface area contributed by atoms with Crippen molar-refractivity contribution in [2.24, 2.45) is 0 Å². The molecule has 0 aliphatic rings. The van der Waals surface area contributed by atoms with Crippen LogP contribution in [0.2, 0.25) is 0 Å². The van der Waals surface area contributed by atoms with Gasteiger partial charge in [-0.1, -0.05) is 0 Å². The molecule has 88 valence electrons. The molecule has 3 N–H and O–H groups in total. The van der Waals surface area contributed by atoms with E-state index in [4.69, 9.17) is 10.2 Å². The minimum atomic E-state index is -2.39. The Morgan fingerprint density at radius 2 is 1.56 bits per heavy atom. The lowest BCUT2D eigenvalue weighted by atomic mass is 10.0. The number of carboxylic acids is 1. The Labute approximate surface area is 87.6 Å². The number of carboxylic acid groups (broad SMARTS) is 1. The van der Waals surface area contributed by atoms with Crippen LogP contribution in [0.5, 0.6) is 0 Å². The molecule has 0 saturated heterocycles. The average Bonchev–Trinajstić information content (AvgIpc) is 2.14. The molecule has 7 heteroatoms. The summed E-state index contributed by atoms with van der Waals surface area (Å²) in [5.41, 5.74) is -1.09. The van der Waals surface area contributed by atoms with Crippen molar-refractivity contribution in [3.8, 4) is 0 Å². The van der Waals surface area contributed by atoms with Gasteiger partial charge in [0.05, 0.1) is 5.56 Å². The Balaban J connectivity index is 3.18. The maximum atomic E-state index is 13.0. The molecule has 0 radical (unpaired) electrons. The minimum absolute atomic E-state index is 0.274. The normalized spacial score (nSPS) is 14.6. The number of hydrogen-bond donors (Lipinski definition) is 3. The molecule has 2 atom stereocenters. The van der Waals surface area contributed by atoms with Crippen LogP contribution in [-0.4, -0.2) is 27.4 Å². The molecule has 0 saturated carbocycles. The van der Waals surface area contributed by atoms with Gasteiger partial charge >= 0.3 is 5.97 Å². The van der Waals surface area contributed by atoms with E-state index in [1.807, 2.05) is 0 Å². The van der Waals surface area contributed by atoms with E-state index in [1.165, 1.54) is 0 Å². The van der Waals surface area contributed by atoms with E-state index in [1.54, 1.807) is 0 Å². The van der Waals surface area contributed by atoms with E-state index in [2.05, 4.69) is 0 Å². The van der Waals surface area contributed by atoms with E-state index in [-0.39, 0.29) is 12.1 Å². The van der Waals surface area contributed by atoms with Gasteiger partial charge in [-0.3, -0.25) is 0 Å². The third kappa shape index (κ3) is 2.31. The van der Waals surface area contributed by atoms with Crippen molar-refractivity contribution < 1.29 is 33.3 Å². The minimum Gasteiger partial charge on any atom is -0.479 e. The van der Waals surface area contributed by atoms with Crippen molar-refractivity contribution in [1.29, 1.82) is 0 Å². The Bertz CT molecular complexity index is 398. The lowest BCUT2D eigenvalue weighted by Gasteiger charge is -2.15. The quantitative estimate of drug-likeness (QED) is 0.717. The molecule has 1 aromatic rings. The summed E-state index contributed by atoms with van der Waals surface area (Å²) in [7, 11) is 0. The van der Waals surface area contributed by atoms with Crippen molar-refractivity contribution in [3.63, 3.8) is 0 Å². The fourth-order valence-electron chi connectivity index (χ4n) is 1.13. The molecule has 0 spiro atoms. The highest BCUT2D eigenvalue weighted by molar-refractivity contribution is 5.73. The number of aliphatic carboxylic acids is 1. The van der Waals surface area contributed by atoms with Crippen molar-refractivity contribution in [2.45, 2.75) is 12.2 Å². The number of hydrogen-bond acceptors (Lipinski definition) is 3. The molecule has 0 fully saturated rings. The molecule has 2 unspecified atom stereocenters. The molecular weight excluding hydrogens is 229 g/mol. The van der Waals surface area contributed by atoms with Crippen LogP contribution >= 0.6 is 0 Å². The van der Waals surface area contributed by atoms with Gasteiger partial charge in [-0.15, -0.1) is 0 Å². The molecule has 0 amide bonds. The fourth-order valence-corrected chi connectivity index (χ4v) is 1.13. The smallest absolute Gasteiger partial charge is 0.335 e. The van der Waals surface area contributed by atoms with Gasteiger partial charge in [0, 0.05) is 12.1 Å². The molecular formula is C9H7F3O4. The first kappa shape index (κ1) is 12.5. The molecule has 4 nitrogen and oxygen atoms in total. The molecule has 1 rings (SSSR count). The Morgan fingerprint density at radius 1 is 1.12 bits per heavy atom. The molecule has 0 aliphatic heterocycles. The summed E-state index contributed by atoms with van der Waals surface area (Å²) in [5.74, 6) is -6.00. The van der Waals surface area contributed by atoms with Crippen LogP contribution in [0.4, 0.5) is 13.2 Å². The van der Waals surface area contributed by atoms with Gasteiger partial charge in [-0.25, -0.2) is 18.0 Å². The molecule has 0 heterocycles. The van der Waals surface area contributed by atoms with Crippen molar-refractivity contribution >= 4 is 5.97 Å². The number of aliphatic hydroxyl groups excluding tert-OH is 2. The number of benzene rings is 1. The zero-order valence-electron chi connectivity index (χ0n) is 7.69. The van der Waals surface area contributed by atoms with Crippen LogP contribution in [0, 0.1) is 17.5 Å². The van der Waals surface area contributed by atoms with E-state index < -0.39 is 41.2 Å². The second kappa shape index (κ2) is 4.50. The van der Waals surface area contributed by atoms with E-state index in [0.717, 1.165) is 0 Å². The van der Waals surface area contributed by atoms with Gasteiger partial charge in [0.15, 0.2) is 6.10 Å². The zero-order valence-corrected chi connectivity index (χ0v) is 7.69. The van der Waals surface area contributed by atoms with Crippen LogP contribution in [0.1, 0.15) is 11.7 Å². The predicted molar refractivity (Wildman–Crippen MR) is 44.9 cm³/mol. The highest BCUT2D eigenvalue weighted by Crippen LogP contribution is 2.24. The lowest BCUT2D eigenvalue weighted by molar-refractivity contribution is -0.153. The highest BCUT2D eigenvalue weighted by Gasteiger charge is 2.30. The lowest BCUT2D eigenvalue weighted by Crippen LogP contribution is -2.28. The van der Waals surface area contributed by atoms with Gasteiger partial charge in [0.25, 0.3) is 0 Å². The van der Waals surface area contributed by atoms with Crippen LogP contribution in [0.3, 0.4) is 0 Å². The molecule has 16 heavy (non-hydrogen) atoms. The van der Waals surface area contributed by atoms with Gasteiger partial charge in [0.1, 0.15) is 23.6 Å². The fraction of sp³-hybridized carbons (Fsp3) is 0.222. The first-order valence-corrected chi connectivity index (χ1v) is 4.08. The van der Waals surface area contributed by atoms with E-state index >= 15 is 0 Å². The van der Waals surface area contributed by atoms with E-state index in [9.17, 15) is 23.1 Å². The summed E-state index contributed by atoms with van der Waals surface area (Å²) in [4.78, 5) is 10.3. The monoisotopic (exact) mass is 236 g/mol. The summed E-state index contributed by atoms with van der Waals surface area (Å²) in [6, 6.07) is 0.548. The molecule has 0 bridgehead atoms. The first-order valence-electron chi connectivity index (χ1n) is 4.08. The Kier molecular flexibility index (Phi) is 3.51. The SMILES string of the molecule is O=C(O)C(O)C(O)c1c(F)cc(F)cc1F. The number of aliphatic hydroxyl groups is 2. The summed E-state index contributed by atoms with van der Waals surface area (Å²) in [6.07, 6.45) is -4.70. The predicted octanol–water partition coefficient (Wildman–Crippen LogP) is 0.583. The average molecular weight is 236 g/mol. The van der Waals surface area contributed by atoms with Crippen LogP contribution < -0.4 is 0 Å². The third-order valence-corrected chi connectivity index (χ3v) is 1.89. The Hall–Kier alpha value is -1.60. The standard InChI is InChI=1S/C9H7F3O4/c10-3-1-4(11)6(5(12)2-3)7(13)8(14)9(15)16/h1-2,7-8,13-14H,(H,15,16). The van der Waals surface area contributed by atoms with Gasteiger partial charge in [0.2, 0.25) is 0 Å². The van der Waals surface area contributed by atoms with Crippen molar-refractivity contribution in [2.75, 3.05) is 0 Å². The maximum absolute atomic E-state index is 13.0. The van der Waals surface area contributed by atoms with E-state index in [0.29, 0.717) is 0 Å². The van der Waals surface area contributed by atoms with Gasteiger partial charge in [-0.05, 0) is 0 Å². The number of carbonyl (C=O) groups is 1. The van der Waals surface area contributed by atoms with Crippen LogP contribution in [0.25, 0.3) is 0 Å². The second-order valence-corrected chi connectivity index (χ2v) is 3.01. The van der Waals surface area contributed by atoms with Gasteiger partial charge < -0.3 is 15.3 Å². The van der Waals surface area contributed by atoms with Crippen molar-refractivity contribution in [1.82, 2.24) is 0 Å². The summed E-state index contributed by atoms with van der Waals surface area (Å²) in [6.45, 7) is 0. The van der Waals surface area contributed by atoms with Gasteiger partial charge in [-0.2, -0.15) is 0 Å². The summed E-state index contributed by atoms with van der Waals surface area (Å²) >= 11 is 0. The second-order valence-electron chi connectivity index (χ2n) is 3.01. The van der Waals surface area contributed by atoms with Crippen molar-refractivity contribution in [3.05, 3.63) is 35.1 Å². The molecule has 0 aromatic heterocycles. The first-order chi connectivity index (χ1) is 7.34. The molecule has 0 aliphatic carbocycles. The third-order valence-electron chi connectivity index (χ3n) is 1.89. The van der Waals surface area contributed by atoms with Crippen LogP contribution in [-0.2, 0) is 4.79 Å². The summed E-state index contributed by atoms with van der Waals surface area (Å²) in [5, 5.41) is 26.4. The largest absolute Gasteiger partial charge is 0.479 e. The number of halogens is 3. The number of rotatable bonds is 3. The Morgan fingerprint density at radius 3 is 1.94 bits per heavy atom. The summed E-state index contributed by atoms with van der Waals surface area (Å²) < 4.78 is 38.6. The zero-order chi connectivity index (χ0) is 12.5. The molecule has 1 aromatic carbocycles.